The molecule has 0 saturated carbocycles. The van der Waals surface area contributed by atoms with E-state index >= 15 is 0 Å². The zero-order valence-electron chi connectivity index (χ0n) is 8.72. The first-order valence-electron chi connectivity index (χ1n) is 4.96. The molecule has 6 heteroatoms. The van der Waals surface area contributed by atoms with Crippen LogP contribution in [0.5, 0.6) is 0 Å². The fourth-order valence-electron chi connectivity index (χ4n) is 1.20. The van der Waals surface area contributed by atoms with Gasteiger partial charge in [-0.15, -0.1) is 5.10 Å². The van der Waals surface area contributed by atoms with Crippen LogP contribution in [0.3, 0.4) is 0 Å². The van der Waals surface area contributed by atoms with Gasteiger partial charge in [-0.3, -0.25) is 4.79 Å². The van der Waals surface area contributed by atoms with E-state index in [0.29, 0.717) is 18.8 Å². The number of aliphatic hydroxyl groups excluding tert-OH is 1. The van der Waals surface area contributed by atoms with Gasteiger partial charge in [0, 0.05) is 18.5 Å². The summed E-state index contributed by atoms with van der Waals surface area (Å²) in [5.74, 6) is -0.147. The fourth-order valence-corrected chi connectivity index (χ4v) is 1.63. The molecule has 15 heavy (non-hydrogen) atoms. The second-order valence-corrected chi connectivity index (χ2v) is 3.77. The van der Waals surface area contributed by atoms with Gasteiger partial charge < -0.3 is 10.0 Å². The number of carbonyl (C=O) groups is 1. The maximum atomic E-state index is 11.8. The van der Waals surface area contributed by atoms with E-state index in [-0.39, 0.29) is 12.5 Å². The van der Waals surface area contributed by atoms with Gasteiger partial charge in [-0.1, -0.05) is 17.8 Å². The summed E-state index contributed by atoms with van der Waals surface area (Å²) in [4.78, 5) is 13.4. The van der Waals surface area contributed by atoms with E-state index in [9.17, 15) is 4.79 Å². The highest BCUT2D eigenvalue weighted by Crippen LogP contribution is 2.04. The molecule has 1 amide bonds. The molecular weight excluding hydrogens is 214 g/mol. The van der Waals surface area contributed by atoms with Gasteiger partial charge in [0.15, 0.2) is 5.69 Å². The van der Waals surface area contributed by atoms with Crippen molar-refractivity contribution in [2.24, 2.45) is 0 Å². The third-order valence-electron chi connectivity index (χ3n) is 2.02. The minimum Gasteiger partial charge on any atom is -0.395 e. The van der Waals surface area contributed by atoms with Crippen LogP contribution >= 0.6 is 11.5 Å². The number of carbonyl (C=O) groups excluding carboxylic acids is 1. The average Bonchev–Trinajstić information content (AvgIpc) is 2.76. The van der Waals surface area contributed by atoms with Gasteiger partial charge >= 0.3 is 0 Å². The molecule has 0 aliphatic rings. The largest absolute Gasteiger partial charge is 0.395 e. The van der Waals surface area contributed by atoms with Gasteiger partial charge in [0.05, 0.1) is 6.61 Å². The highest BCUT2D eigenvalue weighted by molar-refractivity contribution is 7.03. The Bertz CT molecular complexity index is 290. The van der Waals surface area contributed by atoms with Gasteiger partial charge in [-0.05, 0) is 18.0 Å². The van der Waals surface area contributed by atoms with Crippen LogP contribution in [-0.2, 0) is 0 Å². The van der Waals surface area contributed by atoms with Gasteiger partial charge in [0.25, 0.3) is 5.91 Å². The Kier molecular flexibility index (Phi) is 5.20. The number of aliphatic hydroxyl groups is 1. The lowest BCUT2D eigenvalue weighted by Crippen LogP contribution is -2.34. The molecule has 0 spiro atoms. The summed E-state index contributed by atoms with van der Waals surface area (Å²) in [6, 6.07) is 0. The fraction of sp³-hybridized carbons (Fsp3) is 0.667. The van der Waals surface area contributed by atoms with Crippen molar-refractivity contribution in [1.29, 1.82) is 0 Å². The molecule has 0 aliphatic heterocycles. The molecule has 5 nitrogen and oxygen atoms in total. The summed E-state index contributed by atoms with van der Waals surface area (Å²) in [5, 5.41) is 14.2. The van der Waals surface area contributed by atoms with E-state index in [0.717, 1.165) is 24.4 Å². The van der Waals surface area contributed by atoms with Crippen molar-refractivity contribution in [2.75, 3.05) is 19.7 Å². The summed E-state index contributed by atoms with van der Waals surface area (Å²) < 4.78 is 3.65. The summed E-state index contributed by atoms with van der Waals surface area (Å²) >= 11 is 1.16. The summed E-state index contributed by atoms with van der Waals surface area (Å²) in [5.41, 5.74) is 0.365. The highest BCUT2D eigenvalue weighted by atomic mass is 32.1. The molecule has 1 aromatic rings. The lowest BCUT2D eigenvalue weighted by Gasteiger charge is -2.19. The minimum absolute atomic E-state index is 0.0208. The summed E-state index contributed by atoms with van der Waals surface area (Å²) in [6.45, 7) is 3.06. The van der Waals surface area contributed by atoms with E-state index in [1.54, 1.807) is 10.3 Å². The standard InChI is InChI=1S/C9H15N3O2S/c1-2-3-4-12(5-6-13)9(14)8-7-15-11-10-8/h7,13H,2-6H2,1H3. The molecular formula is C9H15N3O2S. The molecule has 1 N–H and O–H groups in total. The van der Waals surface area contributed by atoms with Gasteiger partial charge in [-0.25, -0.2) is 0 Å². The van der Waals surface area contributed by atoms with Crippen molar-refractivity contribution in [3.63, 3.8) is 0 Å². The van der Waals surface area contributed by atoms with Crippen LogP contribution in [0.25, 0.3) is 0 Å². The normalized spacial score (nSPS) is 10.3. The van der Waals surface area contributed by atoms with Crippen LogP contribution in [0.2, 0.25) is 0 Å². The Hall–Kier alpha value is -1.01. The maximum absolute atomic E-state index is 11.8. The monoisotopic (exact) mass is 229 g/mol. The SMILES string of the molecule is CCCCN(CCO)C(=O)c1csnn1. The van der Waals surface area contributed by atoms with Crippen LogP contribution < -0.4 is 0 Å². The van der Waals surface area contributed by atoms with Crippen molar-refractivity contribution in [2.45, 2.75) is 19.8 Å². The molecule has 1 rings (SSSR count). The molecule has 0 bridgehead atoms. The lowest BCUT2D eigenvalue weighted by molar-refractivity contribution is 0.0713. The van der Waals surface area contributed by atoms with Gasteiger partial charge in [0.2, 0.25) is 0 Å². The molecule has 0 radical (unpaired) electrons. The highest BCUT2D eigenvalue weighted by Gasteiger charge is 2.16. The molecule has 0 saturated heterocycles. The average molecular weight is 229 g/mol. The Morgan fingerprint density at radius 1 is 1.60 bits per heavy atom. The zero-order valence-corrected chi connectivity index (χ0v) is 9.53. The molecule has 0 fully saturated rings. The third-order valence-corrected chi connectivity index (χ3v) is 2.52. The second-order valence-electron chi connectivity index (χ2n) is 3.16. The molecule has 0 aliphatic carbocycles. The number of aromatic nitrogens is 2. The topological polar surface area (TPSA) is 66.3 Å². The number of nitrogens with zero attached hydrogens (tertiary/aromatic N) is 3. The van der Waals surface area contributed by atoms with E-state index in [2.05, 4.69) is 16.5 Å². The lowest BCUT2D eigenvalue weighted by atomic mass is 10.3. The van der Waals surface area contributed by atoms with Crippen molar-refractivity contribution < 1.29 is 9.90 Å². The molecule has 84 valence electrons. The first kappa shape index (κ1) is 12.1. The molecule has 0 unspecified atom stereocenters. The number of rotatable bonds is 6. The Labute approximate surface area is 92.9 Å². The van der Waals surface area contributed by atoms with Crippen LogP contribution in [0.1, 0.15) is 30.3 Å². The molecule has 0 aromatic carbocycles. The van der Waals surface area contributed by atoms with E-state index in [4.69, 9.17) is 5.11 Å². The van der Waals surface area contributed by atoms with Gasteiger partial charge in [0.1, 0.15) is 0 Å². The Morgan fingerprint density at radius 3 is 2.93 bits per heavy atom. The Balaban J connectivity index is 2.58. The quantitative estimate of drug-likeness (QED) is 0.782. The predicted molar refractivity (Wildman–Crippen MR) is 57.8 cm³/mol. The second kappa shape index (κ2) is 6.47. The smallest absolute Gasteiger partial charge is 0.275 e. The number of amides is 1. The van der Waals surface area contributed by atoms with Gasteiger partial charge in [-0.2, -0.15) is 0 Å². The third kappa shape index (κ3) is 3.56. The van der Waals surface area contributed by atoms with Crippen LogP contribution in [-0.4, -0.2) is 45.2 Å². The summed E-state index contributed by atoms with van der Waals surface area (Å²) in [6.07, 6.45) is 1.95. The van der Waals surface area contributed by atoms with Crippen molar-refractivity contribution >= 4 is 17.4 Å². The molecule has 1 heterocycles. The van der Waals surface area contributed by atoms with E-state index < -0.39 is 0 Å². The van der Waals surface area contributed by atoms with Crippen molar-refractivity contribution in [3.05, 3.63) is 11.1 Å². The predicted octanol–water partition coefficient (Wildman–Crippen LogP) is 0.773. The molecule has 0 atom stereocenters. The van der Waals surface area contributed by atoms with Crippen LogP contribution in [0, 0.1) is 0 Å². The maximum Gasteiger partial charge on any atom is 0.275 e. The number of hydrogen-bond donors (Lipinski definition) is 1. The number of unbranched alkanes of at least 4 members (excludes halogenated alkanes) is 1. The van der Waals surface area contributed by atoms with E-state index in [1.807, 2.05) is 0 Å². The van der Waals surface area contributed by atoms with Crippen LogP contribution in [0.4, 0.5) is 0 Å². The van der Waals surface area contributed by atoms with E-state index in [1.165, 1.54) is 0 Å². The Morgan fingerprint density at radius 2 is 2.40 bits per heavy atom. The first-order valence-corrected chi connectivity index (χ1v) is 5.80. The van der Waals surface area contributed by atoms with Crippen LogP contribution in [0.15, 0.2) is 5.38 Å². The zero-order chi connectivity index (χ0) is 11.1. The van der Waals surface area contributed by atoms with Crippen molar-refractivity contribution in [3.8, 4) is 0 Å². The van der Waals surface area contributed by atoms with Crippen molar-refractivity contribution in [1.82, 2.24) is 14.5 Å². The first-order chi connectivity index (χ1) is 7.29. The number of hydrogen-bond acceptors (Lipinski definition) is 5. The molecule has 1 aromatic heterocycles. The summed E-state index contributed by atoms with van der Waals surface area (Å²) in [7, 11) is 0. The minimum atomic E-state index is -0.147.